The normalized spacial score (nSPS) is 21.1. The van der Waals surface area contributed by atoms with Gasteiger partial charge < -0.3 is 0 Å². The summed E-state index contributed by atoms with van der Waals surface area (Å²) in [4.78, 5) is 5.30. The molecule has 0 aliphatic carbocycles. The molecule has 0 radical (unpaired) electrons. The van der Waals surface area contributed by atoms with Crippen molar-refractivity contribution >= 4 is 0 Å². The molecule has 2 saturated heterocycles. The predicted octanol–water partition coefficient (Wildman–Crippen LogP) is 4.81. The molecule has 2 heteroatoms. The van der Waals surface area contributed by atoms with Gasteiger partial charge in [-0.05, 0) is 74.8 Å². The average Bonchev–Trinajstić information content (AvgIpc) is 2.71. The van der Waals surface area contributed by atoms with Crippen LogP contribution in [0.2, 0.25) is 0 Å². The van der Waals surface area contributed by atoms with Gasteiger partial charge in [0.15, 0.2) is 0 Å². The molecule has 0 saturated carbocycles. The third kappa shape index (κ3) is 4.75. The summed E-state index contributed by atoms with van der Waals surface area (Å²) in [6.45, 7) is 7.38. The molecule has 2 aromatic carbocycles. The molecule has 2 aliphatic heterocycles. The molecule has 2 nitrogen and oxygen atoms in total. The fourth-order valence-electron chi connectivity index (χ4n) is 4.85. The van der Waals surface area contributed by atoms with Crippen molar-refractivity contribution in [3.63, 3.8) is 0 Å². The summed E-state index contributed by atoms with van der Waals surface area (Å²) >= 11 is 0. The monoisotopic (exact) mass is 348 g/mol. The molecule has 2 fully saturated rings. The third-order valence-corrected chi connectivity index (χ3v) is 6.43. The maximum Gasteiger partial charge on any atom is 0.0233 e. The molecular formula is C24H32N2. The minimum atomic E-state index is 0.959. The fraction of sp³-hybridized carbons (Fsp3) is 0.500. The smallest absolute Gasteiger partial charge is 0.0233 e. The largest absolute Gasteiger partial charge is 0.299 e. The zero-order valence-corrected chi connectivity index (χ0v) is 15.9. The quantitative estimate of drug-likeness (QED) is 0.765. The Hall–Kier alpha value is -1.64. The molecule has 2 aromatic rings. The number of likely N-dealkylation sites (tertiary alicyclic amines) is 2. The molecule has 0 atom stereocenters. The van der Waals surface area contributed by atoms with Gasteiger partial charge in [0.05, 0.1) is 0 Å². The van der Waals surface area contributed by atoms with E-state index in [0.717, 1.165) is 24.9 Å². The predicted molar refractivity (Wildman–Crippen MR) is 109 cm³/mol. The molecule has 2 heterocycles. The van der Waals surface area contributed by atoms with Gasteiger partial charge in [0, 0.05) is 13.1 Å². The number of rotatable bonds is 5. The van der Waals surface area contributed by atoms with E-state index in [2.05, 4.69) is 70.5 Å². The Bertz CT molecular complexity index is 579. The van der Waals surface area contributed by atoms with Crippen LogP contribution >= 0.6 is 0 Å². The molecule has 26 heavy (non-hydrogen) atoms. The van der Waals surface area contributed by atoms with Gasteiger partial charge in [0.25, 0.3) is 0 Å². The van der Waals surface area contributed by atoms with E-state index in [1.54, 1.807) is 0 Å². The highest BCUT2D eigenvalue weighted by Crippen LogP contribution is 2.33. The summed E-state index contributed by atoms with van der Waals surface area (Å²) in [5.74, 6) is 1.92. The zero-order valence-electron chi connectivity index (χ0n) is 15.9. The maximum absolute atomic E-state index is 2.65. The lowest BCUT2D eigenvalue weighted by atomic mass is 9.78. The fourth-order valence-corrected chi connectivity index (χ4v) is 4.85. The van der Waals surface area contributed by atoms with E-state index in [-0.39, 0.29) is 0 Å². The molecular weight excluding hydrogens is 316 g/mol. The van der Waals surface area contributed by atoms with Crippen molar-refractivity contribution in [3.05, 3.63) is 71.8 Å². The minimum absolute atomic E-state index is 0.959. The number of hydrogen-bond donors (Lipinski definition) is 0. The summed E-state index contributed by atoms with van der Waals surface area (Å²) in [6.07, 6.45) is 5.60. The third-order valence-electron chi connectivity index (χ3n) is 6.43. The molecule has 2 aliphatic rings. The lowest BCUT2D eigenvalue weighted by Crippen LogP contribution is -2.40. The Balaban J connectivity index is 1.20. The van der Waals surface area contributed by atoms with Crippen molar-refractivity contribution in [2.75, 3.05) is 26.2 Å². The van der Waals surface area contributed by atoms with E-state index in [1.807, 2.05) is 0 Å². The highest BCUT2D eigenvalue weighted by molar-refractivity contribution is 5.15. The van der Waals surface area contributed by atoms with Crippen molar-refractivity contribution < 1.29 is 0 Å². The van der Waals surface area contributed by atoms with E-state index in [0.29, 0.717) is 0 Å². The van der Waals surface area contributed by atoms with Crippen LogP contribution in [0, 0.1) is 11.8 Å². The first kappa shape index (κ1) is 17.8. The number of hydrogen-bond acceptors (Lipinski definition) is 2. The summed E-state index contributed by atoms with van der Waals surface area (Å²) in [5.41, 5.74) is 2.92. The first-order valence-electron chi connectivity index (χ1n) is 10.4. The van der Waals surface area contributed by atoms with Crippen LogP contribution in [0.25, 0.3) is 0 Å². The van der Waals surface area contributed by atoms with E-state index in [4.69, 9.17) is 0 Å². The summed E-state index contributed by atoms with van der Waals surface area (Å²) < 4.78 is 0. The van der Waals surface area contributed by atoms with Crippen LogP contribution in [0.5, 0.6) is 0 Å². The number of benzene rings is 2. The van der Waals surface area contributed by atoms with Gasteiger partial charge in [-0.25, -0.2) is 0 Å². The van der Waals surface area contributed by atoms with Gasteiger partial charge in [-0.2, -0.15) is 0 Å². The second-order valence-electron chi connectivity index (χ2n) is 8.20. The van der Waals surface area contributed by atoms with E-state index >= 15 is 0 Å². The van der Waals surface area contributed by atoms with Gasteiger partial charge in [-0.1, -0.05) is 60.7 Å². The van der Waals surface area contributed by atoms with Crippen LogP contribution in [0.3, 0.4) is 0 Å². The van der Waals surface area contributed by atoms with Crippen LogP contribution < -0.4 is 0 Å². The topological polar surface area (TPSA) is 6.48 Å². The SMILES string of the molecule is c1ccc(CN2CCC(C3CCN(Cc4ccccc4)CC3)CC2)cc1. The van der Waals surface area contributed by atoms with Crippen molar-refractivity contribution in [1.29, 1.82) is 0 Å². The van der Waals surface area contributed by atoms with Gasteiger partial charge in [0.2, 0.25) is 0 Å². The Morgan fingerprint density at radius 1 is 0.538 bits per heavy atom. The minimum Gasteiger partial charge on any atom is -0.299 e. The van der Waals surface area contributed by atoms with Gasteiger partial charge in [-0.15, -0.1) is 0 Å². The Morgan fingerprint density at radius 3 is 1.23 bits per heavy atom. The van der Waals surface area contributed by atoms with Crippen LogP contribution in [0.4, 0.5) is 0 Å². The number of nitrogens with zero attached hydrogens (tertiary/aromatic N) is 2. The van der Waals surface area contributed by atoms with Crippen molar-refractivity contribution in [2.24, 2.45) is 11.8 Å². The lowest BCUT2D eigenvalue weighted by Gasteiger charge is -2.40. The Labute approximate surface area is 158 Å². The molecule has 0 amide bonds. The molecule has 0 N–H and O–H groups in total. The van der Waals surface area contributed by atoms with E-state index in [9.17, 15) is 0 Å². The number of piperidine rings is 2. The standard InChI is InChI=1S/C24H32N2/c1-3-7-21(8-4-1)19-25-15-11-23(12-16-25)24-13-17-26(18-14-24)20-22-9-5-2-6-10-22/h1-10,23-24H,11-20H2. The lowest BCUT2D eigenvalue weighted by molar-refractivity contribution is 0.0910. The highest BCUT2D eigenvalue weighted by atomic mass is 15.1. The second kappa shape index (κ2) is 8.83. The summed E-state index contributed by atoms with van der Waals surface area (Å²) in [7, 11) is 0. The first-order chi connectivity index (χ1) is 12.9. The summed E-state index contributed by atoms with van der Waals surface area (Å²) in [6, 6.07) is 21.9. The maximum atomic E-state index is 2.65. The molecule has 4 rings (SSSR count). The van der Waals surface area contributed by atoms with E-state index < -0.39 is 0 Å². The molecule has 138 valence electrons. The van der Waals surface area contributed by atoms with Crippen molar-refractivity contribution in [2.45, 2.75) is 38.8 Å². The molecule has 0 aromatic heterocycles. The highest BCUT2D eigenvalue weighted by Gasteiger charge is 2.29. The molecule has 0 bridgehead atoms. The van der Waals surface area contributed by atoms with Crippen LogP contribution in [0.1, 0.15) is 36.8 Å². The summed E-state index contributed by atoms with van der Waals surface area (Å²) in [5, 5.41) is 0. The Kier molecular flexibility index (Phi) is 6.03. The van der Waals surface area contributed by atoms with Crippen molar-refractivity contribution in [1.82, 2.24) is 9.80 Å². The van der Waals surface area contributed by atoms with Crippen LogP contribution in [0.15, 0.2) is 60.7 Å². The van der Waals surface area contributed by atoms with Crippen molar-refractivity contribution in [3.8, 4) is 0 Å². The molecule has 0 unspecified atom stereocenters. The van der Waals surface area contributed by atoms with Crippen LogP contribution in [-0.4, -0.2) is 36.0 Å². The zero-order chi connectivity index (χ0) is 17.6. The first-order valence-corrected chi connectivity index (χ1v) is 10.4. The van der Waals surface area contributed by atoms with Crippen LogP contribution in [-0.2, 0) is 13.1 Å². The molecule has 0 spiro atoms. The second-order valence-corrected chi connectivity index (χ2v) is 8.20. The Morgan fingerprint density at radius 2 is 0.885 bits per heavy atom. The van der Waals surface area contributed by atoms with Gasteiger partial charge in [0.1, 0.15) is 0 Å². The van der Waals surface area contributed by atoms with Gasteiger partial charge >= 0.3 is 0 Å². The average molecular weight is 349 g/mol. The van der Waals surface area contributed by atoms with E-state index in [1.165, 1.54) is 63.0 Å². The van der Waals surface area contributed by atoms with Gasteiger partial charge in [-0.3, -0.25) is 9.80 Å².